The lowest BCUT2D eigenvalue weighted by atomic mass is 9.98. The van der Waals surface area contributed by atoms with E-state index in [0.29, 0.717) is 12.0 Å². The highest BCUT2D eigenvalue weighted by Crippen LogP contribution is 2.26. The van der Waals surface area contributed by atoms with Crippen molar-refractivity contribution in [2.75, 3.05) is 0 Å². The molecule has 0 aliphatic heterocycles. The van der Waals surface area contributed by atoms with Crippen LogP contribution in [0.15, 0.2) is 48.8 Å². The van der Waals surface area contributed by atoms with E-state index in [-0.39, 0.29) is 0 Å². The first-order valence-corrected chi connectivity index (χ1v) is 8.96. The van der Waals surface area contributed by atoms with Gasteiger partial charge in [-0.3, -0.25) is 0 Å². The molecule has 25 heavy (non-hydrogen) atoms. The third-order valence-electron chi connectivity index (χ3n) is 5.03. The topological polar surface area (TPSA) is 55.2 Å². The van der Waals surface area contributed by atoms with Gasteiger partial charge in [-0.15, -0.1) is 5.10 Å². The van der Waals surface area contributed by atoms with E-state index in [4.69, 9.17) is 9.84 Å². The Morgan fingerprint density at radius 2 is 1.96 bits per heavy atom. The summed E-state index contributed by atoms with van der Waals surface area (Å²) in [6.07, 6.45) is 10.2. The largest absolute Gasteiger partial charge is 0.473 e. The highest BCUT2D eigenvalue weighted by atomic mass is 16.5. The van der Waals surface area contributed by atoms with Crippen molar-refractivity contribution in [1.82, 2.24) is 19.6 Å². The number of ether oxygens (including phenoxy) is 1. The van der Waals surface area contributed by atoms with Crippen LogP contribution in [0.4, 0.5) is 0 Å². The van der Waals surface area contributed by atoms with Crippen molar-refractivity contribution in [3.05, 3.63) is 48.8 Å². The number of H-pyrrole nitrogens is 1. The van der Waals surface area contributed by atoms with Crippen LogP contribution in [0.3, 0.4) is 0 Å². The van der Waals surface area contributed by atoms with Gasteiger partial charge in [-0.05, 0) is 49.3 Å². The molecule has 0 bridgehead atoms. The molecule has 5 nitrogen and oxygen atoms in total. The lowest BCUT2D eigenvalue weighted by molar-refractivity contribution is 0.147. The summed E-state index contributed by atoms with van der Waals surface area (Å²) >= 11 is 0. The molecule has 4 aromatic rings. The Hall–Kier alpha value is -2.82. The maximum Gasteiger partial charge on any atom is 0.232 e. The molecule has 1 N–H and O–H groups in total. The second-order valence-electron chi connectivity index (χ2n) is 6.74. The zero-order valence-electron chi connectivity index (χ0n) is 14.0. The van der Waals surface area contributed by atoms with Gasteiger partial charge in [-0.25, -0.2) is 9.50 Å². The van der Waals surface area contributed by atoms with Crippen LogP contribution in [0.2, 0.25) is 0 Å². The fourth-order valence-corrected chi connectivity index (χ4v) is 3.68. The van der Waals surface area contributed by atoms with E-state index in [1.807, 2.05) is 29.0 Å². The molecule has 126 valence electrons. The van der Waals surface area contributed by atoms with E-state index < -0.39 is 0 Å². The summed E-state index contributed by atoms with van der Waals surface area (Å²) in [4.78, 5) is 7.75. The molecule has 0 amide bonds. The van der Waals surface area contributed by atoms with Gasteiger partial charge in [0.25, 0.3) is 0 Å². The Balaban J connectivity index is 1.53. The number of fused-ring (bicyclic) bond motifs is 2. The Kier molecular flexibility index (Phi) is 3.44. The summed E-state index contributed by atoms with van der Waals surface area (Å²) in [5.41, 5.74) is 4.00. The first-order valence-electron chi connectivity index (χ1n) is 8.96. The smallest absolute Gasteiger partial charge is 0.232 e. The van der Waals surface area contributed by atoms with Crippen molar-refractivity contribution in [2.24, 2.45) is 0 Å². The zero-order valence-corrected chi connectivity index (χ0v) is 14.0. The van der Waals surface area contributed by atoms with Crippen molar-refractivity contribution >= 4 is 16.6 Å². The zero-order chi connectivity index (χ0) is 16.6. The summed E-state index contributed by atoms with van der Waals surface area (Å²) in [5, 5.41) is 5.90. The highest BCUT2D eigenvalue weighted by Gasteiger charge is 2.16. The SMILES string of the molecule is c1cc2ccc(-c3cnc4ccc(OC5CCCCC5)nn34)cc2[nH]1. The van der Waals surface area contributed by atoms with E-state index in [1.54, 1.807) is 0 Å². The second kappa shape index (κ2) is 5.92. The average molecular weight is 332 g/mol. The number of imidazole rings is 1. The van der Waals surface area contributed by atoms with Gasteiger partial charge in [-0.1, -0.05) is 18.6 Å². The van der Waals surface area contributed by atoms with E-state index >= 15 is 0 Å². The number of hydrogen-bond donors (Lipinski definition) is 1. The molecule has 0 saturated heterocycles. The second-order valence-corrected chi connectivity index (χ2v) is 6.74. The van der Waals surface area contributed by atoms with Gasteiger partial charge in [-0.2, -0.15) is 0 Å². The number of hydrogen-bond acceptors (Lipinski definition) is 3. The first-order chi connectivity index (χ1) is 12.4. The minimum absolute atomic E-state index is 0.293. The predicted octanol–water partition coefficient (Wildman–Crippen LogP) is 4.59. The molecule has 0 radical (unpaired) electrons. The van der Waals surface area contributed by atoms with Crippen molar-refractivity contribution in [3.8, 4) is 17.1 Å². The lowest BCUT2D eigenvalue weighted by Crippen LogP contribution is -2.20. The van der Waals surface area contributed by atoms with Crippen LogP contribution in [-0.4, -0.2) is 25.7 Å². The summed E-state index contributed by atoms with van der Waals surface area (Å²) in [6, 6.07) is 12.3. The van der Waals surface area contributed by atoms with Crippen LogP contribution in [-0.2, 0) is 0 Å². The molecule has 1 fully saturated rings. The molecule has 1 aliphatic carbocycles. The first kappa shape index (κ1) is 14.5. The van der Waals surface area contributed by atoms with Gasteiger partial charge in [0.05, 0.1) is 11.9 Å². The van der Waals surface area contributed by atoms with Crippen LogP contribution in [0.25, 0.3) is 27.8 Å². The molecule has 5 heteroatoms. The Morgan fingerprint density at radius 1 is 1.04 bits per heavy atom. The molecular weight excluding hydrogens is 312 g/mol. The van der Waals surface area contributed by atoms with Gasteiger partial charge >= 0.3 is 0 Å². The van der Waals surface area contributed by atoms with Crippen LogP contribution in [0, 0.1) is 0 Å². The minimum Gasteiger partial charge on any atom is -0.473 e. The number of rotatable bonds is 3. The standard InChI is InChI=1S/C20H20N4O/c1-2-4-16(5-3-1)25-20-9-8-19-22-13-18(24(19)23-20)15-7-6-14-10-11-21-17(14)12-15/h6-13,16,21H,1-5H2. The number of nitrogens with one attached hydrogen (secondary N) is 1. The number of benzene rings is 1. The third kappa shape index (κ3) is 2.65. The summed E-state index contributed by atoms with van der Waals surface area (Å²) in [6.45, 7) is 0. The Morgan fingerprint density at radius 3 is 2.88 bits per heavy atom. The number of nitrogens with zero attached hydrogens (tertiary/aromatic N) is 3. The van der Waals surface area contributed by atoms with Gasteiger partial charge < -0.3 is 9.72 Å². The predicted molar refractivity (Wildman–Crippen MR) is 97.8 cm³/mol. The quantitative estimate of drug-likeness (QED) is 0.597. The van der Waals surface area contributed by atoms with Crippen molar-refractivity contribution in [3.63, 3.8) is 0 Å². The molecule has 1 saturated carbocycles. The van der Waals surface area contributed by atoms with E-state index in [2.05, 4.69) is 34.2 Å². The maximum atomic E-state index is 6.12. The summed E-state index contributed by atoms with van der Waals surface area (Å²) in [7, 11) is 0. The highest BCUT2D eigenvalue weighted by molar-refractivity contribution is 5.84. The van der Waals surface area contributed by atoms with Crippen molar-refractivity contribution < 1.29 is 4.74 Å². The molecule has 1 aliphatic rings. The summed E-state index contributed by atoms with van der Waals surface area (Å²) < 4.78 is 7.99. The van der Waals surface area contributed by atoms with Crippen LogP contribution >= 0.6 is 0 Å². The fraction of sp³-hybridized carbons (Fsp3) is 0.300. The fourth-order valence-electron chi connectivity index (χ4n) is 3.68. The molecule has 0 spiro atoms. The number of aromatic nitrogens is 4. The van der Waals surface area contributed by atoms with Crippen molar-refractivity contribution in [2.45, 2.75) is 38.2 Å². The monoisotopic (exact) mass is 332 g/mol. The van der Waals surface area contributed by atoms with Crippen molar-refractivity contribution in [1.29, 1.82) is 0 Å². The molecule has 3 heterocycles. The third-order valence-corrected chi connectivity index (χ3v) is 5.03. The van der Waals surface area contributed by atoms with E-state index in [9.17, 15) is 0 Å². The maximum absolute atomic E-state index is 6.12. The van der Waals surface area contributed by atoms with Gasteiger partial charge in [0, 0.05) is 23.3 Å². The van der Waals surface area contributed by atoms with E-state index in [1.165, 1.54) is 24.6 Å². The molecule has 3 aromatic heterocycles. The molecular formula is C20H20N4O. The van der Waals surface area contributed by atoms with Crippen LogP contribution in [0.1, 0.15) is 32.1 Å². The van der Waals surface area contributed by atoms with Gasteiger partial charge in [0.1, 0.15) is 6.10 Å². The Bertz CT molecular complexity index is 1030. The number of aromatic amines is 1. The lowest BCUT2D eigenvalue weighted by Gasteiger charge is -2.22. The molecule has 0 atom stereocenters. The summed E-state index contributed by atoms with van der Waals surface area (Å²) in [5.74, 6) is 0.680. The normalized spacial score (nSPS) is 15.8. The van der Waals surface area contributed by atoms with Gasteiger partial charge in [0.2, 0.25) is 5.88 Å². The Labute approximate surface area is 145 Å². The molecule has 0 unspecified atom stereocenters. The van der Waals surface area contributed by atoms with Crippen LogP contribution in [0.5, 0.6) is 5.88 Å². The van der Waals surface area contributed by atoms with E-state index in [0.717, 1.165) is 35.3 Å². The molecule has 5 rings (SSSR count). The van der Waals surface area contributed by atoms with Crippen LogP contribution < -0.4 is 4.74 Å². The average Bonchev–Trinajstić information content (AvgIpc) is 3.28. The molecule has 1 aromatic carbocycles. The van der Waals surface area contributed by atoms with Gasteiger partial charge in [0.15, 0.2) is 5.65 Å². The minimum atomic E-state index is 0.293.